The second-order valence-electron chi connectivity index (χ2n) is 7.06. The van der Waals surface area contributed by atoms with Crippen molar-refractivity contribution in [3.05, 3.63) is 64.3 Å². The van der Waals surface area contributed by atoms with Crippen LogP contribution in [0.3, 0.4) is 0 Å². The molecule has 0 spiro atoms. The van der Waals surface area contributed by atoms with E-state index in [4.69, 9.17) is 13.9 Å². The molecule has 0 saturated carbocycles. The molecular weight excluding hydrogens is 418 g/mol. The smallest absolute Gasteiger partial charge is 0.129 e. The van der Waals surface area contributed by atoms with Crippen molar-refractivity contribution < 1.29 is 13.9 Å². The van der Waals surface area contributed by atoms with Gasteiger partial charge in [0.2, 0.25) is 0 Å². The van der Waals surface area contributed by atoms with Gasteiger partial charge in [0.15, 0.2) is 0 Å². The molecule has 0 saturated heterocycles. The predicted molar refractivity (Wildman–Crippen MR) is 128 cm³/mol. The molecule has 0 atom stereocenters. The number of furan rings is 1. The zero-order valence-electron chi connectivity index (χ0n) is 18.2. The molecule has 0 amide bonds. The summed E-state index contributed by atoms with van der Waals surface area (Å²) in [6.07, 6.45) is 8.04. The van der Waals surface area contributed by atoms with Gasteiger partial charge in [0, 0.05) is 13.7 Å². The Kier molecular flexibility index (Phi) is 12.4. The SMILES string of the molecule is CCN(C/C=C/C#CC(C)(C)OC)Cc1ccc(COC/C=C/c2ccsc2)o1.Cl. The Labute approximate surface area is 191 Å². The molecule has 6 heteroatoms. The van der Waals surface area contributed by atoms with Gasteiger partial charge < -0.3 is 13.9 Å². The third-order valence-electron chi connectivity index (χ3n) is 4.30. The zero-order chi connectivity index (χ0) is 21.0. The molecule has 4 nitrogen and oxygen atoms in total. The van der Waals surface area contributed by atoms with E-state index in [0.717, 1.165) is 31.2 Å². The molecule has 164 valence electrons. The van der Waals surface area contributed by atoms with Gasteiger partial charge in [-0.2, -0.15) is 11.3 Å². The molecule has 2 heterocycles. The van der Waals surface area contributed by atoms with Crippen molar-refractivity contribution >= 4 is 29.8 Å². The molecule has 0 aliphatic heterocycles. The van der Waals surface area contributed by atoms with Gasteiger partial charge >= 0.3 is 0 Å². The van der Waals surface area contributed by atoms with E-state index in [-0.39, 0.29) is 12.4 Å². The first-order chi connectivity index (χ1) is 14.0. The summed E-state index contributed by atoms with van der Waals surface area (Å²) >= 11 is 1.69. The van der Waals surface area contributed by atoms with Crippen LogP contribution in [0.25, 0.3) is 6.08 Å². The van der Waals surface area contributed by atoms with Crippen molar-refractivity contribution in [3.8, 4) is 11.8 Å². The van der Waals surface area contributed by atoms with Crippen LogP contribution in [0.15, 0.2) is 51.6 Å². The number of methoxy groups -OCH3 is 1. The average Bonchev–Trinajstić information content (AvgIpc) is 3.38. The molecule has 0 fully saturated rings. The van der Waals surface area contributed by atoms with E-state index in [1.54, 1.807) is 18.4 Å². The number of nitrogens with zero attached hydrogens (tertiary/aromatic N) is 1. The molecule has 0 radical (unpaired) electrons. The minimum atomic E-state index is -0.416. The van der Waals surface area contributed by atoms with Gasteiger partial charge in [0.25, 0.3) is 0 Å². The standard InChI is InChI=1S/C24H31NO3S.ClH/c1-5-25(15-8-6-7-14-24(2,3)26-4)18-22-11-12-23(28-22)19-27-16-9-10-21-13-17-29-20-21;/h6,8-13,17,20H,5,15-16,18-19H2,1-4H3;1H/b8-6+,10-9+;. The zero-order valence-corrected chi connectivity index (χ0v) is 19.9. The molecule has 0 N–H and O–H groups in total. The van der Waals surface area contributed by atoms with Gasteiger partial charge in [-0.25, -0.2) is 0 Å². The molecule has 30 heavy (non-hydrogen) atoms. The van der Waals surface area contributed by atoms with Crippen LogP contribution < -0.4 is 0 Å². The molecule has 0 aromatic carbocycles. The minimum absolute atomic E-state index is 0. The third kappa shape index (κ3) is 10.3. The first kappa shape index (κ1) is 26.2. The fourth-order valence-electron chi connectivity index (χ4n) is 2.42. The molecular formula is C24H32ClNO3S. The summed E-state index contributed by atoms with van der Waals surface area (Å²) in [6.45, 7) is 9.59. The topological polar surface area (TPSA) is 34.8 Å². The van der Waals surface area contributed by atoms with E-state index in [9.17, 15) is 0 Å². The van der Waals surface area contributed by atoms with Crippen LogP contribution >= 0.6 is 23.7 Å². The van der Waals surface area contributed by atoms with Gasteiger partial charge in [0.05, 0.1) is 13.2 Å². The number of likely N-dealkylation sites (N-methyl/N-ethyl adjacent to an activating group) is 1. The predicted octanol–water partition coefficient (Wildman–Crippen LogP) is 5.80. The maximum absolute atomic E-state index is 5.90. The minimum Gasteiger partial charge on any atom is -0.462 e. The number of thiophene rings is 1. The van der Waals surface area contributed by atoms with Gasteiger partial charge in [-0.3, -0.25) is 4.90 Å². The van der Waals surface area contributed by atoms with E-state index in [0.29, 0.717) is 13.2 Å². The highest BCUT2D eigenvalue weighted by Gasteiger charge is 2.10. The average molecular weight is 450 g/mol. The molecule has 0 unspecified atom stereocenters. The Balaban J connectivity index is 0.00000450. The monoisotopic (exact) mass is 449 g/mol. The lowest BCUT2D eigenvalue weighted by molar-refractivity contribution is 0.0742. The fraction of sp³-hybridized carbons (Fsp3) is 0.417. The Morgan fingerprint density at radius 3 is 2.70 bits per heavy atom. The number of hydrogen-bond acceptors (Lipinski definition) is 5. The van der Waals surface area contributed by atoms with E-state index in [1.807, 2.05) is 38.1 Å². The summed E-state index contributed by atoms with van der Waals surface area (Å²) in [6, 6.07) is 6.09. The largest absolute Gasteiger partial charge is 0.462 e. The quantitative estimate of drug-likeness (QED) is 0.321. The van der Waals surface area contributed by atoms with Crippen molar-refractivity contribution in [2.75, 3.05) is 26.8 Å². The highest BCUT2D eigenvalue weighted by Crippen LogP contribution is 2.12. The summed E-state index contributed by atoms with van der Waals surface area (Å²) < 4.78 is 16.8. The van der Waals surface area contributed by atoms with Crippen molar-refractivity contribution in [1.82, 2.24) is 4.90 Å². The lowest BCUT2D eigenvalue weighted by Crippen LogP contribution is -2.22. The molecule has 0 aliphatic carbocycles. The van der Waals surface area contributed by atoms with E-state index < -0.39 is 5.60 Å². The molecule has 2 aromatic rings. The van der Waals surface area contributed by atoms with Crippen LogP contribution in [-0.2, 0) is 22.6 Å². The highest BCUT2D eigenvalue weighted by atomic mass is 35.5. The number of hydrogen-bond donors (Lipinski definition) is 0. The summed E-state index contributed by atoms with van der Waals surface area (Å²) in [7, 11) is 1.67. The number of halogens is 1. The summed E-state index contributed by atoms with van der Waals surface area (Å²) in [4.78, 5) is 2.28. The molecule has 2 rings (SSSR count). The second-order valence-corrected chi connectivity index (χ2v) is 7.84. The van der Waals surface area contributed by atoms with Gasteiger partial charge in [-0.1, -0.05) is 37.0 Å². The lowest BCUT2D eigenvalue weighted by atomic mass is 10.1. The van der Waals surface area contributed by atoms with Crippen molar-refractivity contribution in [1.29, 1.82) is 0 Å². The summed E-state index contributed by atoms with van der Waals surface area (Å²) in [5.41, 5.74) is 0.794. The van der Waals surface area contributed by atoms with Gasteiger partial charge in [-0.05, 0) is 61.0 Å². The molecule has 2 aromatic heterocycles. The summed E-state index contributed by atoms with van der Waals surface area (Å²) in [5.74, 6) is 7.91. The molecule has 0 aliphatic rings. The van der Waals surface area contributed by atoms with Crippen LogP contribution in [0.2, 0.25) is 0 Å². The van der Waals surface area contributed by atoms with Crippen LogP contribution in [0.4, 0.5) is 0 Å². The van der Waals surface area contributed by atoms with Crippen LogP contribution in [0, 0.1) is 11.8 Å². The Morgan fingerprint density at radius 1 is 1.20 bits per heavy atom. The summed E-state index contributed by atoms with van der Waals surface area (Å²) in [5, 5.41) is 4.17. The van der Waals surface area contributed by atoms with Crippen LogP contribution in [0.1, 0.15) is 37.9 Å². The first-order valence-corrected chi connectivity index (χ1v) is 10.8. The highest BCUT2D eigenvalue weighted by molar-refractivity contribution is 7.08. The maximum atomic E-state index is 5.90. The Hall–Kier alpha value is -1.81. The maximum Gasteiger partial charge on any atom is 0.129 e. The van der Waals surface area contributed by atoms with Gasteiger partial charge in [0.1, 0.15) is 23.7 Å². The third-order valence-corrected chi connectivity index (χ3v) is 5.01. The second kappa shape index (κ2) is 14.2. The van der Waals surface area contributed by atoms with E-state index in [1.165, 1.54) is 5.56 Å². The first-order valence-electron chi connectivity index (χ1n) is 9.81. The Morgan fingerprint density at radius 2 is 2.00 bits per heavy atom. The van der Waals surface area contributed by atoms with E-state index >= 15 is 0 Å². The number of allylic oxidation sites excluding steroid dienone is 1. The number of ether oxygens (including phenoxy) is 2. The molecule has 0 bridgehead atoms. The van der Waals surface area contributed by atoms with Crippen LogP contribution in [0.5, 0.6) is 0 Å². The van der Waals surface area contributed by atoms with Gasteiger partial charge in [-0.15, -0.1) is 12.4 Å². The normalized spacial score (nSPS) is 11.8. The Bertz CT molecular complexity index is 828. The van der Waals surface area contributed by atoms with Crippen molar-refractivity contribution in [2.24, 2.45) is 0 Å². The van der Waals surface area contributed by atoms with E-state index in [2.05, 4.69) is 52.6 Å². The van der Waals surface area contributed by atoms with Crippen molar-refractivity contribution in [2.45, 2.75) is 39.5 Å². The van der Waals surface area contributed by atoms with Crippen molar-refractivity contribution in [3.63, 3.8) is 0 Å². The van der Waals surface area contributed by atoms with Crippen LogP contribution in [-0.4, -0.2) is 37.3 Å². The number of rotatable bonds is 11. The fourth-order valence-corrected chi connectivity index (χ4v) is 3.05. The lowest BCUT2D eigenvalue weighted by Gasteiger charge is -2.16.